The molecule has 0 saturated carbocycles. The Morgan fingerprint density at radius 1 is 0.963 bits per heavy atom. The summed E-state index contributed by atoms with van der Waals surface area (Å²) in [5, 5.41) is 6.19. The molecule has 1 amide bonds. The van der Waals surface area contributed by atoms with Crippen molar-refractivity contribution in [2.45, 2.75) is 32.9 Å². The summed E-state index contributed by atoms with van der Waals surface area (Å²) in [4.78, 5) is 12.6. The smallest absolute Gasteiger partial charge is 0.241 e. The second-order valence-electron chi connectivity index (χ2n) is 6.46. The van der Waals surface area contributed by atoms with Crippen LogP contribution < -0.4 is 15.4 Å². The molecular weight excluding hydrogens is 340 g/mol. The lowest BCUT2D eigenvalue weighted by Gasteiger charge is -2.19. The number of benzene rings is 2. The largest absolute Gasteiger partial charge is 0.465 e. The number of carbonyl (C=O) groups is 1. The van der Waals surface area contributed by atoms with Crippen molar-refractivity contribution in [1.82, 2.24) is 5.32 Å². The van der Waals surface area contributed by atoms with Crippen molar-refractivity contribution in [2.75, 3.05) is 5.32 Å². The summed E-state index contributed by atoms with van der Waals surface area (Å²) in [5.74, 6) is 2.82. The second-order valence-corrected chi connectivity index (χ2v) is 6.46. The molecule has 0 saturated heterocycles. The predicted octanol–water partition coefficient (Wildman–Crippen LogP) is 5.06. The molecule has 27 heavy (non-hydrogen) atoms. The van der Waals surface area contributed by atoms with E-state index >= 15 is 0 Å². The highest BCUT2D eigenvalue weighted by molar-refractivity contribution is 5.95. The molecule has 0 radical (unpaired) electrons. The van der Waals surface area contributed by atoms with Gasteiger partial charge in [-0.1, -0.05) is 30.3 Å². The van der Waals surface area contributed by atoms with Crippen LogP contribution in [0.2, 0.25) is 0 Å². The minimum Gasteiger partial charge on any atom is -0.465 e. The summed E-state index contributed by atoms with van der Waals surface area (Å²) in [7, 11) is 0. The fourth-order valence-corrected chi connectivity index (χ4v) is 2.73. The number of ether oxygens (including phenoxy) is 1. The van der Waals surface area contributed by atoms with Crippen LogP contribution in [0.3, 0.4) is 0 Å². The fourth-order valence-electron chi connectivity index (χ4n) is 2.73. The molecule has 3 aromatic rings. The van der Waals surface area contributed by atoms with Gasteiger partial charge in [0.15, 0.2) is 5.75 Å². The molecule has 140 valence electrons. The second kappa shape index (κ2) is 8.56. The Hall–Kier alpha value is -3.05. The topological polar surface area (TPSA) is 63.5 Å². The Morgan fingerprint density at radius 2 is 1.67 bits per heavy atom. The molecular formula is C22H24N2O3. The van der Waals surface area contributed by atoms with Crippen molar-refractivity contribution in [2.24, 2.45) is 0 Å². The van der Waals surface area contributed by atoms with Gasteiger partial charge >= 0.3 is 0 Å². The van der Waals surface area contributed by atoms with Crippen LogP contribution in [0, 0.1) is 6.92 Å². The number of amides is 1. The Kier molecular flexibility index (Phi) is 5.94. The van der Waals surface area contributed by atoms with Crippen molar-refractivity contribution in [3.8, 4) is 11.5 Å². The predicted molar refractivity (Wildman–Crippen MR) is 106 cm³/mol. The fraction of sp³-hybridized carbons (Fsp3) is 0.227. The van der Waals surface area contributed by atoms with E-state index in [2.05, 4.69) is 10.6 Å². The number of aryl methyl sites for hydroxylation is 1. The van der Waals surface area contributed by atoms with E-state index in [4.69, 9.17) is 9.15 Å². The van der Waals surface area contributed by atoms with Gasteiger partial charge in [-0.2, -0.15) is 0 Å². The first kappa shape index (κ1) is 18.7. The lowest BCUT2D eigenvalue weighted by Crippen LogP contribution is -2.39. The van der Waals surface area contributed by atoms with E-state index in [0.717, 1.165) is 11.5 Å². The average Bonchev–Trinajstić information content (AvgIpc) is 3.10. The van der Waals surface area contributed by atoms with Crippen molar-refractivity contribution in [3.05, 3.63) is 78.3 Å². The quantitative estimate of drug-likeness (QED) is 0.615. The molecule has 5 nitrogen and oxygen atoms in total. The number of nitrogens with one attached hydrogen (secondary N) is 2. The van der Waals surface area contributed by atoms with Crippen LogP contribution in [0.1, 0.15) is 31.4 Å². The monoisotopic (exact) mass is 364 g/mol. The number of furan rings is 1. The van der Waals surface area contributed by atoms with Crippen molar-refractivity contribution in [1.29, 1.82) is 0 Å². The average molecular weight is 364 g/mol. The minimum atomic E-state index is -0.407. The van der Waals surface area contributed by atoms with E-state index in [0.29, 0.717) is 17.2 Å². The number of anilines is 1. The SMILES string of the molecule is Cc1ccc(C(C)NC(C)C(=O)Nc2ccccc2Oc2ccccc2)o1. The van der Waals surface area contributed by atoms with Gasteiger partial charge in [0.05, 0.1) is 17.8 Å². The Bertz CT molecular complexity index is 889. The maximum Gasteiger partial charge on any atom is 0.241 e. The number of para-hydroxylation sites is 3. The number of rotatable bonds is 7. The van der Waals surface area contributed by atoms with Crippen LogP contribution in [0.4, 0.5) is 5.69 Å². The molecule has 3 rings (SSSR count). The van der Waals surface area contributed by atoms with Crippen LogP contribution in [0.5, 0.6) is 11.5 Å². The summed E-state index contributed by atoms with van der Waals surface area (Å²) in [6, 6.07) is 20.2. The maximum absolute atomic E-state index is 12.6. The van der Waals surface area contributed by atoms with Gasteiger partial charge < -0.3 is 14.5 Å². The van der Waals surface area contributed by atoms with Crippen LogP contribution in [0.15, 0.2) is 71.1 Å². The zero-order valence-corrected chi connectivity index (χ0v) is 15.7. The molecule has 2 aromatic carbocycles. The van der Waals surface area contributed by atoms with Crippen LogP contribution in [-0.2, 0) is 4.79 Å². The van der Waals surface area contributed by atoms with Crippen molar-refractivity contribution >= 4 is 11.6 Å². The normalized spacial score (nSPS) is 13.0. The van der Waals surface area contributed by atoms with Gasteiger partial charge in [0.2, 0.25) is 5.91 Å². The van der Waals surface area contributed by atoms with Crippen molar-refractivity contribution < 1.29 is 13.9 Å². The third-order valence-electron chi connectivity index (χ3n) is 4.20. The first-order valence-electron chi connectivity index (χ1n) is 8.98. The van der Waals surface area contributed by atoms with E-state index in [9.17, 15) is 4.79 Å². The molecule has 1 aromatic heterocycles. The highest BCUT2D eigenvalue weighted by atomic mass is 16.5. The van der Waals surface area contributed by atoms with Crippen LogP contribution >= 0.6 is 0 Å². The number of hydrogen-bond acceptors (Lipinski definition) is 4. The Balaban J connectivity index is 1.65. The molecule has 0 bridgehead atoms. The molecule has 0 fully saturated rings. The summed E-state index contributed by atoms with van der Waals surface area (Å²) < 4.78 is 11.5. The minimum absolute atomic E-state index is 0.0738. The molecule has 2 N–H and O–H groups in total. The van der Waals surface area contributed by atoms with Gasteiger partial charge in [-0.25, -0.2) is 0 Å². The summed E-state index contributed by atoms with van der Waals surface area (Å²) in [5.41, 5.74) is 0.626. The molecule has 2 atom stereocenters. The molecule has 0 aliphatic carbocycles. The molecule has 2 unspecified atom stereocenters. The highest BCUT2D eigenvalue weighted by Crippen LogP contribution is 2.29. The summed E-state index contributed by atoms with van der Waals surface area (Å²) >= 11 is 0. The third-order valence-corrected chi connectivity index (χ3v) is 4.20. The van der Waals surface area contributed by atoms with E-state index in [-0.39, 0.29) is 11.9 Å². The zero-order valence-electron chi connectivity index (χ0n) is 15.7. The molecule has 1 heterocycles. The van der Waals surface area contributed by atoms with Gasteiger partial charge in [-0.15, -0.1) is 0 Å². The van der Waals surface area contributed by atoms with Gasteiger partial charge in [-0.3, -0.25) is 10.1 Å². The van der Waals surface area contributed by atoms with E-state index in [1.807, 2.05) is 87.5 Å². The van der Waals surface area contributed by atoms with Gasteiger partial charge in [0, 0.05) is 0 Å². The lowest BCUT2D eigenvalue weighted by molar-refractivity contribution is -0.118. The lowest BCUT2D eigenvalue weighted by atomic mass is 10.2. The third kappa shape index (κ3) is 4.99. The maximum atomic E-state index is 12.6. The molecule has 5 heteroatoms. The van der Waals surface area contributed by atoms with Gasteiger partial charge in [0.1, 0.15) is 17.3 Å². The standard InChI is InChI=1S/C22H24N2O3/c1-15-13-14-20(26-15)16(2)23-17(3)22(25)24-19-11-7-8-12-21(19)27-18-9-5-4-6-10-18/h4-14,16-17,23H,1-3H3,(H,24,25). The summed E-state index contributed by atoms with van der Waals surface area (Å²) in [6.45, 7) is 5.69. The van der Waals surface area contributed by atoms with E-state index in [1.54, 1.807) is 0 Å². The molecule has 0 aliphatic heterocycles. The van der Waals surface area contributed by atoms with Gasteiger partial charge in [0.25, 0.3) is 0 Å². The van der Waals surface area contributed by atoms with Crippen LogP contribution in [-0.4, -0.2) is 11.9 Å². The highest BCUT2D eigenvalue weighted by Gasteiger charge is 2.19. The first-order chi connectivity index (χ1) is 13.0. The summed E-state index contributed by atoms with van der Waals surface area (Å²) in [6.07, 6.45) is 0. The first-order valence-corrected chi connectivity index (χ1v) is 8.98. The number of carbonyl (C=O) groups excluding carboxylic acids is 1. The van der Waals surface area contributed by atoms with E-state index in [1.165, 1.54) is 0 Å². The molecule has 0 spiro atoms. The van der Waals surface area contributed by atoms with Gasteiger partial charge in [-0.05, 0) is 57.2 Å². The Morgan fingerprint density at radius 3 is 2.37 bits per heavy atom. The Labute approximate surface area is 159 Å². The van der Waals surface area contributed by atoms with Crippen LogP contribution in [0.25, 0.3) is 0 Å². The number of hydrogen-bond donors (Lipinski definition) is 2. The van der Waals surface area contributed by atoms with E-state index < -0.39 is 6.04 Å². The zero-order chi connectivity index (χ0) is 19.2. The van der Waals surface area contributed by atoms with Crippen molar-refractivity contribution in [3.63, 3.8) is 0 Å². The molecule has 0 aliphatic rings.